The molecule has 114 valence electrons. The summed E-state index contributed by atoms with van der Waals surface area (Å²) in [4.78, 5) is 19.5. The van der Waals surface area contributed by atoms with E-state index in [4.69, 9.17) is 4.99 Å². The van der Waals surface area contributed by atoms with E-state index in [0.29, 0.717) is 6.54 Å². The van der Waals surface area contributed by atoms with Gasteiger partial charge in [0.1, 0.15) is 0 Å². The molecule has 1 saturated carbocycles. The topological polar surface area (TPSA) is 34.4 Å². The fourth-order valence-corrected chi connectivity index (χ4v) is 4.42. The molecule has 3 nitrogen and oxygen atoms in total. The van der Waals surface area contributed by atoms with Crippen LogP contribution in [0.15, 0.2) is 22.1 Å². The van der Waals surface area contributed by atoms with Crippen LogP contribution in [0.25, 0.3) is 10.4 Å². The van der Waals surface area contributed by atoms with Gasteiger partial charge < -0.3 is 4.57 Å². The van der Waals surface area contributed by atoms with Gasteiger partial charge in [-0.05, 0) is 50.2 Å². The van der Waals surface area contributed by atoms with E-state index in [1.165, 1.54) is 45.0 Å². The molecule has 0 spiro atoms. The highest BCUT2D eigenvalue weighted by Gasteiger charge is 2.29. The number of nitrogens with zero attached hydrogens (tertiary/aromatic N) is 2. The van der Waals surface area contributed by atoms with E-state index in [1.807, 2.05) is 24.6 Å². The maximum absolute atomic E-state index is 12.0. The van der Waals surface area contributed by atoms with Crippen LogP contribution in [0, 0.1) is 19.8 Å². The van der Waals surface area contributed by atoms with E-state index in [1.54, 1.807) is 10.6 Å². The lowest BCUT2D eigenvalue weighted by molar-refractivity contribution is 0.850. The lowest BCUT2D eigenvalue weighted by Crippen LogP contribution is -2.16. The van der Waals surface area contributed by atoms with E-state index in [0.717, 1.165) is 17.9 Å². The number of pyridine rings is 1. The lowest BCUT2D eigenvalue weighted by atomic mass is 9.98. The van der Waals surface area contributed by atoms with Gasteiger partial charge in [-0.3, -0.25) is 9.79 Å². The highest BCUT2D eigenvalue weighted by molar-refractivity contribution is 7.16. The molecule has 2 aromatic rings. The molecule has 2 aromatic heterocycles. The Bertz CT molecular complexity index is 853. The van der Waals surface area contributed by atoms with Crippen molar-refractivity contribution >= 4 is 17.0 Å². The van der Waals surface area contributed by atoms with Crippen molar-refractivity contribution in [1.82, 2.24) is 4.57 Å². The van der Waals surface area contributed by atoms with Gasteiger partial charge in [0.2, 0.25) is 0 Å². The fourth-order valence-electron chi connectivity index (χ4n) is 3.19. The molecular weight excluding hydrogens is 292 g/mol. The van der Waals surface area contributed by atoms with Crippen molar-refractivity contribution in [1.29, 1.82) is 0 Å². The zero-order valence-electron chi connectivity index (χ0n) is 13.3. The van der Waals surface area contributed by atoms with Crippen LogP contribution in [-0.4, -0.2) is 10.3 Å². The van der Waals surface area contributed by atoms with Gasteiger partial charge in [0, 0.05) is 45.9 Å². The van der Waals surface area contributed by atoms with Crippen molar-refractivity contribution in [3.63, 3.8) is 0 Å². The van der Waals surface area contributed by atoms with E-state index in [9.17, 15) is 4.79 Å². The third kappa shape index (κ3) is 2.17. The maximum Gasteiger partial charge on any atom is 0.250 e. The monoisotopic (exact) mass is 312 g/mol. The number of hydrogen-bond acceptors (Lipinski definition) is 3. The molecule has 2 aliphatic rings. The maximum atomic E-state index is 12.0. The Morgan fingerprint density at radius 3 is 2.86 bits per heavy atom. The van der Waals surface area contributed by atoms with Gasteiger partial charge in [-0.1, -0.05) is 0 Å². The Morgan fingerprint density at radius 2 is 2.14 bits per heavy atom. The Morgan fingerprint density at radius 1 is 1.36 bits per heavy atom. The summed E-state index contributed by atoms with van der Waals surface area (Å²) in [5.74, 6) is 0.818. The third-order valence-electron chi connectivity index (χ3n) is 4.85. The summed E-state index contributed by atoms with van der Waals surface area (Å²) in [7, 11) is 1.83. The number of aromatic nitrogens is 1. The molecule has 1 aliphatic heterocycles. The first kappa shape index (κ1) is 13.9. The molecule has 0 N–H and O–H groups in total. The first-order valence-corrected chi connectivity index (χ1v) is 8.70. The quantitative estimate of drug-likeness (QED) is 0.830. The van der Waals surface area contributed by atoms with Crippen LogP contribution in [0.2, 0.25) is 0 Å². The second-order valence-corrected chi connectivity index (χ2v) is 7.78. The van der Waals surface area contributed by atoms with Crippen molar-refractivity contribution < 1.29 is 0 Å². The van der Waals surface area contributed by atoms with Gasteiger partial charge in [-0.2, -0.15) is 0 Å². The number of fused-ring (bicyclic) bond motifs is 3. The fraction of sp³-hybridized carbons (Fsp3) is 0.444. The van der Waals surface area contributed by atoms with Gasteiger partial charge in [0.15, 0.2) is 0 Å². The van der Waals surface area contributed by atoms with E-state index in [2.05, 4.69) is 13.8 Å². The molecule has 3 heterocycles. The second-order valence-electron chi connectivity index (χ2n) is 6.56. The Hall–Kier alpha value is -1.68. The molecule has 0 unspecified atom stereocenters. The number of aryl methyl sites for hydroxylation is 2. The summed E-state index contributed by atoms with van der Waals surface area (Å²) < 4.78 is 1.68. The minimum absolute atomic E-state index is 0.0474. The van der Waals surface area contributed by atoms with Crippen LogP contribution >= 0.6 is 11.3 Å². The van der Waals surface area contributed by atoms with Crippen LogP contribution < -0.4 is 5.56 Å². The van der Waals surface area contributed by atoms with E-state index < -0.39 is 0 Å². The van der Waals surface area contributed by atoms with Crippen molar-refractivity contribution in [2.45, 2.75) is 39.7 Å². The van der Waals surface area contributed by atoms with Gasteiger partial charge in [0.25, 0.3) is 5.56 Å². The zero-order chi connectivity index (χ0) is 15.4. The van der Waals surface area contributed by atoms with Crippen molar-refractivity contribution in [2.75, 3.05) is 0 Å². The van der Waals surface area contributed by atoms with Crippen LogP contribution in [0.3, 0.4) is 0 Å². The summed E-state index contributed by atoms with van der Waals surface area (Å²) in [5.41, 5.74) is 6.26. The van der Waals surface area contributed by atoms with Gasteiger partial charge in [0.05, 0.1) is 6.54 Å². The van der Waals surface area contributed by atoms with Gasteiger partial charge in [-0.15, -0.1) is 11.3 Å². The molecule has 0 saturated heterocycles. The van der Waals surface area contributed by atoms with E-state index in [-0.39, 0.29) is 5.56 Å². The van der Waals surface area contributed by atoms with Gasteiger partial charge in [-0.25, -0.2) is 0 Å². The predicted molar refractivity (Wildman–Crippen MR) is 92.1 cm³/mol. The van der Waals surface area contributed by atoms with Crippen LogP contribution in [0.5, 0.6) is 0 Å². The largest absolute Gasteiger partial charge is 0.318 e. The second kappa shape index (κ2) is 4.92. The molecule has 4 heteroatoms. The summed E-state index contributed by atoms with van der Waals surface area (Å²) in [6.07, 6.45) is 5.75. The molecule has 0 atom stereocenters. The zero-order valence-corrected chi connectivity index (χ0v) is 14.1. The summed E-state index contributed by atoms with van der Waals surface area (Å²) in [5, 5.41) is 0. The van der Waals surface area contributed by atoms with Crippen LogP contribution in [-0.2, 0) is 13.6 Å². The smallest absolute Gasteiger partial charge is 0.250 e. The van der Waals surface area contributed by atoms with Crippen LogP contribution in [0.4, 0.5) is 0 Å². The standard InChI is InChI=1S/C18H20N2OS/c1-10-11(2)22-18-14-9-20(3)16(21)7-13(14)8-19-15(17(10)18)6-12-4-5-12/h7,9,12H,4-6,8H2,1-3H3. The third-order valence-corrected chi connectivity index (χ3v) is 6.09. The summed E-state index contributed by atoms with van der Waals surface area (Å²) >= 11 is 1.84. The Labute approximate surface area is 134 Å². The normalized spacial score (nSPS) is 16.8. The van der Waals surface area contributed by atoms with Crippen LogP contribution in [0.1, 0.15) is 40.8 Å². The minimum atomic E-state index is 0.0474. The average molecular weight is 312 g/mol. The van der Waals surface area contributed by atoms with E-state index >= 15 is 0 Å². The average Bonchev–Trinajstić information content (AvgIpc) is 3.26. The Balaban J connectivity index is 1.96. The lowest BCUT2D eigenvalue weighted by Gasteiger charge is -2.08. The molecule has 0 bridgehead atoms. The highest BCUT2D eigenvalue weighted by atomic mass is 32.1. The SMILES string of the molecule is Cc1sc2c(c1C)C(CC1CC1)=NCc1cc(=O)n(C)cc1-2. The summed E-state index contributed by atoms with van der Waals surface area (Å²) in [6, 6.07) is 1.76. The van der Waals surface area contributed by atoms with Crippen molar-refractivity contribution in [3.8, 4) is 10.4 Å². The van der Waals surface area contributed by atoms with Crippen molar-refractivity contribution in [2.24, 2.45) is 18.0 Å². The van der Waals surface area contributed by atoms with Gasteiger partial charge >= 0.3 is 0 Å². The first-order valence-electron chi connectivity index (χ1n) is 7.88. The molecule has 0 radical (unpaired) electrons. The predicted octanol–water partition coefficient (Wildman–Crippen LogP) is 3.83. The van der Waals surface area contributed by atoms with Crippen molar-refractivity contribution in [3.05, 3.63) is 44.2 Å². The highest BCUT2D eigenvalue weighted by Crippen LogP contribution is 2.42. The molecule has 0 amide bonds. The molecule has 22 heavy (non-hydrogen) atoms. The Kier molecular flexibility index (Phi) is 3.12. The number of aliphatic imine (C=N–C) groups is 1. The molecule has 1 fully saturated rings. The molecule has 0 aromatic carbocycles. The molecular formula is C18H20N2OS. The molecule has 4 rings (SSSR count). The number of hydrogen-bond donors (Lipinski definition) is 0. The minimum Gasteiger partial charge on any atom is -0.318 e. The summed E-state index contributed by atoms with van der Waals surface area (Å²) in [6.45, 7) is 5.03. The number of rotatable bonds is 2. The number of thiophene rings is 1. The first-order chi connectivity index (χ1) is 10.5. The molecule has 1 aliphatic carbocycles.